The van der Waals surface area contributed by atoms with Crippen molar-refractivity contribution in [3.8, 4) is 0 Å². The molecule has 0 aromatic heterocycles. The fourth-order valence-electron chi connectivity index (χ4n) is 1.08. The lowest BCUT2D eigenvalue weighted by Crippen LogP contribution is -2.33. The normalized spacial score (nSPS) is 21.8. The number of aliphatic carboxylic acids is 1. The van der Waals surface area contributed by atoms with E-state index < -0.39 is 5.97 Å². The molecule has 0 aromatic carbocycles. The van der Waals surface area contributed by atoms with Crippen molar-refractivity contribution < 1.29 is 14.7 Å². The van der Waals surface area contributed by atoms with Crippen LogP contribution >= 0.6 is 0 Å². The number of hydrogen-bond acceptors (Lipinski definition) is 2. The summed E-state index contributed by atoms with van der Waals surface area (Å²) in [4.78, 5) is 23.0. The molecule has 13 heavy (non-hydrogen) atoms. The van der Waals surface area contributed by atoms with E-state index >= 15 is 0 Å². The summed E-state index contributed by atoms with van der Waals surface area (Å²) in [5.74, 6) is -1.45. The number of hydrogen-bond donors (Lipinski definition) is 1. The van der Waals surface area contributed by atoms with Crippen molar-refractivity contribution in [1.29, 1.82) is 0 Å². The Bertz CT molecular complexity index is 281. The van der Waals surface area contributed by atoms with Gasteiger partial charge in [-0.25, -0.2) is 0 Å². The molecule has 1 heterocycles. The third-order valence-electron chi connectivity index (χ3n) is 1.76. The van der Waals surface area contributed by atoms with Gasteiger partial charge in [0.25, 0.3) is 0 Å². The molecule has 4 heteroatoms. The van der Waals surface area contributed by atoms with E-state index in [-0.39, 0.29) is 18.4 Å². The molecule has 1 aliphatic rings. The molecular formula is C9H11NO3. The molecule has 70 valence electrons. The maximum atomic E-state index is 11.4. The van der Waals surface area contributed by atoms with Gasteiger partial charge in [-0.05, 0) is 6.08 Å². The molecule has 0 aromatic rings. The molecule has 0 saturated heterocycles. The van der Waals surface area contributed by atoms with Crippen molar-refractivity contribution >= 4 is 11.9 Å². The predicted octanol–water partition coefficient (Wildman–Crippen LogP) is 0.619. The summed E-state index contributed by atoms with van der Waals surface area (Å²) >= 11 is 0. The first-order valence-electron chi connectivity index (χ1n) is 3.98. The Hall–Kier alpha value is -1.58. The minimum atomic E-state index is -1.01. The van der Waals surface area contributed by atoms with Gasteiger partial charge >= 0.3 is 5.97 Å². The first-order chi connectivity index (χ1) is 6.11. The summed E-state index contributed by atoms with van der Waals surface area (Å²) < 4.78 is 0. The van der Waals surface area contributed by atoms with Crippen LogP contribution in [0.3, 0.4) is 0 Å². The van der Waals surface area contributed by atoms with Crippen LogP contribution < -0.4 is 0 Å². The Morgan fingerprint density at radius 3 is 2.92 bits per heavy atom. The maximum absolute atomic E-state index is 11.4. The van der Waals surface area contributed by atoms with E-state index in [1.165, 1.54) is 11.1 Å². The average molecular weight is 181 g/mol. The van der Waals surface area contributed by atoms with Crippen LogP contribution in [-0.4, -0.2) is 28.4 Å². The van der Waals surface area contributed by atoms with Crippen LogP contribution in [-0.2, 0) is 9.59 Å². The fraction of sp³-hybridized carbons (Fsp3) is 0.333. The summed E-state index contributed by atoms with van der Waals surface area (Å²) in [6.45, 7) is 1.46. The predicted molar refractivity (Wildman–Crippen MR) is 46.8 cm³/mol. The number of carbonyl (C=O) groups excluding carboxylic acids is 1. The van der Waals surface area contributed by atoms with Crippen molar-refractivity contribution in [2.75, 3.05) is 6.54 Å². The number of carboxylic acids is 1. The molecule has 4 nitrogen and oxygen atoms in total. The molecule has 1 N–H and O–H groups in total. The molecule has 0 bridgehead atoms. The van der Waals surface area contributed by atoms with E-state index in [4.69, 9.17) is 5.11 Å². The van der Waals surface area contributed by atoms with Crippen LogP contribution in [0.4, 0.5) is 0 Å². The van der Waals surface area contributed by atoms with E-state index in [1.54, 1.807) is 25.2 Å². The second-order valence-electron chi connectivity index (χ2n) is 2.87. The summed E-state index contributed by atoms with van der Waals surface area (Å²) in [6, 6.07) is 0. The van der Waals surface area contributed by atoms with Crippen LogP contribution in [0.25, 0.3) is 0 Å². The molecule has 0 radical (unpaired) electrons. The van der Waals surface area contributed by atoms with E-state index in [9.17, 15) is 9.59 Å². The van der Waals surface area contributed by atoms with Crippen molar-refractivity contribution in [2.45, 2.75) is 6.92 Å². The molecular weight excluding hydrogens is 170 g/mol. The average Bonchev–Trinajstić information content (AvgIpc) is 2.19. The molecule has 1 aliphatic heterocycles. The minimum absolute atomic E-state index is 0.188. The minimum Gasteiger partial charge on any atom is -0.480 e. The van der Waals surface area contributed by atoms with E-state index in [1.807, 2.05) is 0 Å². The standard InChI is InChI=1S/C9H11NO3/c1-7-4-2-3-5-10(9(7)13)6-8(11)12/h2-5,7H,6H2,1H3,(H,11,12). The summed E-state index contributed by atoms with van der Waals surface area (Å²) in [6.07, 6.45) is 6.62. The van der Waals surface area contributed by atoms with Gasteiger partial charge in [0, 0.05) is 6.20 Å². The molecule has 1 rings (SSSR count). The van der Waals surface area contributed by atoms with E-state index in [0.29, 0.717) is 0 Å². The smallest absolute Gasteiger partial charge is 0.323 e. The third-order valence-corrected chi connectivity index (χ3v) is 1.76. The third kappa shape index (κ3) is 2.43. The number of rotatable bonds is 2. The Morgan fingerprint density at radius 2 is 2.31 bits per heavy atom. The molecule has 0 saturated carbocycles. The van der Waals surface area contributed by atoms with Gasteiger partial charge in [0.1, 0.15) is 6.54 Å². The fourth-order valence-corrected chi connectivity index (χ4v) is 1.08. The molecule has 1 atom stereocenters. The summed E-state index contributed by atoms with van der Waals surface area (Å²) in [5, 5.41) is 8.51. The van der Waals surface area contributed by atoms with Crippen LogP contribution in [0.2, 0.25) is 0 Å². The quantitative estimate of drug-likeness (QED) is 0.679. The molecule has 0 spiro atoms. The SMILES string of the molecule is CC1C=CC=CN(CC(=O)O)C1=O. The van der Waals surface area contributed by atoms with Gasteiger partial charge in [-0.1, -0.05) is 19.1 Å². The largest absolute Gasteiger partial charge is 0.480 e. The monoisotopic (exact) mass is 181 g/mol. The molecule has 1 amide bonds. The lowest BCUT2D eigenvalue weighted by Gasteiger charge is -2.16. The Labute approximate surface area is 76.2 Å². The maximum Gasteiger partial charge on any atom is 0.323 e. The second-order valence-corrected chi connectivity index (χ2v) is 2.87. The van der Waals surface area contributed by atoms with Gasteiger partial charge in [0.2, 0.25) is 5.91 Å². The summed E-state index contributed by atoms with van der Waals surface area (Å²) in [5.41, 5.74) is 0. The lowest BCUT2D eigenvalue weighted by atomic mass is 10.1. The highest BCUT2D eigenvalue weighted by Crippen LogP contribution is 2.08. The number of carbonyl (C=O) groups is 2. The van der Waals surface area contributed by atoms with Gasteiger partial charge in [-0.2, -0.15) is 0 Å². The number of nitrogens with zero attached hydrogens (tertiary/aromatic N) is 1. The number of amides is 1. The first-order valence-corrected chi connectivity index (χ1v) is 3.98. The van der Waals surface area contributed by atoms with Gasteiger partial charge < -0.3 is 10.0 Å². The lowest BCUT2D eigenvalue weighted by molar-refractivity contribution is -0.143. The Balaban J connectivity index is 2.74. The van der Waals surface area contributed by atoms with Gasteiger partial charge in [-0.3, -0.25) is 9.59 Å². The molecule has 0 aliphatic carbocycles. The molecule has 0 fully saturated rings. The highest BCUT2D eigenvalue weighted by Gasteiger charge is 2.19. The second kappa shape index (κ2) is 3.89. The van der Waals surface area contributed by atoms with Crippen molar-refractivity contribution in [3.05, 3.63) is 24.4 Å². The Morgan fingerprint density at radius 1 is 1.62 bits per heavy atom. The number of allylic oxidation sites excluding steroid dienone is 2. The van der Waals surface area contributed by atoms with Crippen molar-refractivity contribution in [2.24, 2.45) is 5.92 Å². The van der Waals surface area contributed by atoms with E-state index in [0.717, 1.165) is 0 Å². The van der Waals surface area contributed by atoms with Crippen LogP contribution in [0.5, 0.6) is 0 Å². The van der Waals surface area contributed by atoms with Crippen molar-refractivity contribution in [1.82, 2.24) is 4.90 Å². The van der Waals surface area contributed by atoms with Crippen LogP contribution in [0, 0.1) is 5.92 Å². The Kier molecular flexibility index (Phi) is 2.84. The van der Waals surface area contributed by atoms with Gasteiger partial charge in [-0.15, -0.1) is 0 Å². The topological polar surface area (TPSA) is 57.6 Å². The van der Waals surface area contributed by atoms with Crippen molar-refractivity contribution in [3.63, 3.8) is 0 Å². The first kappa shape index (κ1) is 9.51. The zero-order chi connectivity index (χ0) is 9.84. The zero-order valence-electron chi connectivity index (χ0n) is 7.30. The number of carboxylic acid groups (broad SMARTS) is 1. The summed E-state index contributed by atoms with van der Waals surface area (Å²) in [7, 11) is 0. The molecule has 1 unspecified atom stereocenters. The van der Waals surface area contributed by atoms with E-state index in [2.05, 4.69) is 0 Å². The van der Waals surface area contributed by atoms with Gasteiger partial charge in [0.05, 0.1) is 5.92 Å². The van der Waals surface area contributed by atoms with Crippen LogP contribution in [0.15, 0.2) is 24.4 Å². The van der Waals surface area contributed by atoms with Gasteiger partial charge in [0.15, 0.2) is 0 Å². The zero-order valence-corrected chi connectivity index (χ0v) is 7.30. The highest BCUT2D eigenvalue weighted by molar-refractivity contribution is 5.85. The highest BCUT2D eigenvalue weighted by atomic mass is 16.4. The van der Waals surface area contributed by atoms with Crippen LogP contribution in [0.1, 0.15) is 6.92 Å².